The van der Waals surface area contributed by atoms with Gasteiger partial charge in [-0.25, -0.2) is 0 Å². The Labute approximate surface area is 157 Å². The van der Waals surface area contributed by atoms with E-state index in [4.69, 9.17) is 20.8 Å². The number of fused-ring (bicyclic) bond motifs is 1. The molecule has 6 nitrogen and oxygen atoms in total. The largest absolute Gasteiger partial charge is 0.451 e. The van der Waals surface area contributed by atoms with E-state index >= 15 is 0 Å². The van der Waals surface area contributed by atoms with Gasteiger partial charge >= 0.3 is 0 Å². The number of hydrogen-bond acceptors (Lipinski definition) is 5. The van der Waals surface area contributed by atoms with E-state index in [9.17, 15) is 9.90 Å². The molecule has 140 valence electrons. The lowest BCUT2D eigenvalue weighted by molar-refractivity contribution is -0.0222. The normalized spacial score (nSPS) is 25.4. The predicted octanol–water partition coefficient (Wildman–Crippen LogP) is 2.38. The molecule has 2 fully saturated rings. The Morgan fingerprint density at radius 1 is 1.12 bits per heavy atom. The second-order valence-electron chi connectivity index (χ2n) is 6.95. The van der Waals surface area contributed by atoms with Crippen molar-refractivity contribution in [3.05, 3.63) is 35.0 Å². The lowest BCUT2D eigenvalue weighted by Crippen LogP contribution is -2.49. The fraction of sp³-hybridized carbons (Fsp3) is 0.526. The maximum atomic E-state index is 12.9. The number of ether oxygens (including phenoxy) is 1. The number of carbonyl (C=O) groups is 1. The van der Waals surface area contributed by atoms with Gasteiger partial charge in [-0.2, -0.15) is 0 Å². The van der Waals surface area contributed by atoms with Crippen molar-refractivity contribution in [2.75, 3.05) is 39.4 Å². The van der Waals surface area contributed by atoms with Crippen molar-refractivity contribution < 1.29 is 19.1 Å². The molecule has 1 aromatic carbocycles. The Balaban J connectivity index is 1.47. The third kappa shape index (κ3) is 3.60. The van der Waals surface area contributed by atoms with Gasteiger partial charge in [0.2, 0.25) is 0 Å². The van der Waals surface area contributed by atoms with Crippen molar-refractivity contribution in [1.82, 2.24) is 9.80 Å². The zero-order chi connectivity index (χ0) is 18.1. The first-order valence-electron chi connectivity index (χ1n) is 9.10. The van der Waals surface area contributed by atoms with Crippen LogP contribution in [0.5, 0.6) is 0 Å². The zero-order valence-electron chi connectivity index (χ0n) is 14.6. The van der Waals surface area contributed by atoms with Gasteiger partial charge in [-0.1, -0.05) is 11.6 Å². The summed E-state index contributed by atoms with van der Waals surface area (Å²) >= 11 is 6.01. The van der Waals surface area contributed by atoms with E-state index in [1.807, 2.05) is 0 Å². The van der Waals surface area contributed by atoms with Crippen LogP contribution in [0.25, 0.3) is 11.0 Å². The lowest BCUT2D eigenvalue weighted by Gasteiger charge is -2.36. The fourth-order valence-corrected chi connectivity index (χ4v) is 4.07. The summed E-state index contributed by atoms with van der Waals surface area (Å²) in [5.41, 5.74) is 0.652. The van der Waals surface area contributed by atoms with Crippen LogP contribution in [-0.2, 0) is 4.74 Å². The summed E-state index contributed by atoms with van der Waals surface area (Å²) in [6.45, 7) is 4.20. The molecule has 4 rings (SSSR count). The molecule has 2 aromatic rings. The van der Waals surface area contributed by atoms with E-state index < -0.39 is 6.10 Å². The number of morpholine rings is 1. The monoisotopic (exact) mass is 378 g/mol. The first-order chi connectivity index (χ1) is 12.6. The van der Waals surface area contributed by atoms with Crippen LogP contribution in [0.1, 0.15) is 23.4 Å². The third-order valence-electron chi connectivity index (χ3n) is 5.32. The number of benzene rings is 1. The van der Waals surface area contributed by atoms with Gasteiger partial charge < -0.3 is 19.2 Å². The molecule has 0 aliphatic carbocycles. The van der Waals surface area contributed by atoms with Crippen molar-refractivity contribution >= 4 is 28.5 Å². The molecule has 2 atom stereocenters. The number of halogens is 1. The third-order valence-corrected chi connectivity index (χ3v) is 5.56. The average molecular weight is 379 g/mol. The summed E-state index contributed by atoms with van der Waals surface area (Å²) in [7, 11) is 0. The smallest absolute Gasteiger partial charge is 0.289 e. The predicted molar refractivity (Wildman–Crippen MR) is 98.5 cm³/mol. The number of aliphatic hydroxyl groups is 1. The number of hydrogen-bond donors (Lipinski definition) is 1. The Morgan fingerprint density at radius 3 is 2.69 bits per heavy atom. The highest BCUT2D eigenvalue weighted by Crippen LogP contribution is 2.25. The molecule has 2 saturated heterocycles. The molecule has 1 N–H and O–H groups in total. The van der Waals surface area contributed by atoms with Gasteiger partial charge in [-0.15, -0.1) is 0 Å². The van der Waals surface area contributed by atoms with Crippen molar-refractivity contribution in [2.45, 2.75) is 25.0 Å². The quantitative estimate of drug-likeness (QED) is 0.869. The highest BCUT2D eigenvalue weighted by Gasteiger charge is 2.32. The molecule has 2 aliphatic heterocycles. The minimum absolute atomic E-state index is 0.0752. The van der Waals surface area contributed by atoms with Crippen molar-refractivity contribution in [3.63, 3.8) is 0 Å². The molecule has 1 aromatic heterocycles. The van der Waals surface area contributed by atoms with Crippen molar-refractivity contribution in [1.29, 1.82) is 0 Å². The summed E-state index contributed by atoms with van der Waals surface area (Å²) in [6.07, 6.45) is 0.888. The fourth-order valence-electron chi connectivity index (χ4n) is 3.89. The summed E-state index contributed by atoms with van der Waals surface area (Å²) in [5, 5.41) is 12.0. The number of aliphatic hydroxyl groups excluding tert-OH is 1. The van der Waals surface area contributed by atoms with E-state index in [2.05, 4.69) is 4.90 Å². The number of rotatable bonds is 2. The molecule has 2 aliphatic rings. The Hall–Kier alpha value is -1.60. The maximum Gasteiger partial charge on any atom is 0.289 e. The van der Waals surface area contributed by atoms with Crippen molar-refractivity contribution in [2.24, 2.45) is 0 Å². The Morgan fingerprint density at radius 2 is 1.88 bits per heavy atom. The zero-order valence-corrected chi connectivity index (χ0v) is 15.3. The molecular weight excluding hydrogens is 356 g/mol. The number of furan rings is 1. The molecule has 0 saturated carbocycles. The van der Waals surface area contributed by atoms with Crippen LogP contribution in [0.3, 0.4) is 0 Å². The van der Waals surface area contributed by atoms with Crippen LogP contribution in [0, 0.1) is 0 Å². The van der Waals surface area contributed by atoms with Gasteiger partial charge in [0.25, 0.3) is 5.91 Å². The average Bonchev–Trinajstić information content (AvgIpc) is 2.97. The van der Waals surface area contributed by atoms with E-state index in [1.54, 1.807) is 29.2 Å². The SMILES string of the molecule is O=C(c1cc2cc(Cl)ccc2o1)N1CC[C@H](O)[C@@H](N2CCOCC2)CC1. The highest BCUT2D eigenvalue weighted by molar-refractivity contribution is 6.31. The molecule has 3 heterocycles. The first-order valence-corrected chi connectivity index (χ1v) is 9.48. The molecule has 7 heteroatoms. The second-order valence-corrected chi connectivity index (χ2v) is 7.38. The molecule has 1 amide bonds. The van der Waals surface area contributed by atoms with E-state index in [1.165, 1.54) is 0 Å². The summed E-state index contributed by atoms with van der Waals surface area (Å²) in [4.78, 5) is 16.9. The van der Waals surface area contributed by atoms with Crippen LogP contribution in [0.2, 0.25) is 5.02 Å². The first kappa shape index (κ1) is 17.8. The molecule has 0 bridgehead atoms. The van der Waals surface area contributed by atoms with Gasteiger partial charge in [0.1, 0.15) is 5.58 Å². The van der Waals surface area contributed by atoms with Gasteiger partial charge in [0.05, 0.1) is 19.3 Å². The Kier molecular flexibility index (Phi) is 5.18. The summed E-state index contributed by atoms with van der Waals surface area (Å²) in [6, 6.07) is 7.12. The maximum absolute atomic E-state index is 12.9. The van der Waals surface area contributed by atoms with Crippen molar-refractivity contribution in [3.8, 4) is 0 Å². The van der Waals surface area contributed by atoms with Gasteiger partial charge in [0, 0.05) is 42.6 Å². The number of amides is 1. The number of likely N-dealkylation sites (tertiary alicyclic amines) is 1. The van der Waals surface area contributed by atoms with Gasteiger partial charge in [-0.05, 0) is 37.1 Å². The van der Waals surface area contributed by atoms with E-state index in [-0.39, 0.29) is 11.9 Å². The molecular formula is C19H23ClN2O4. The van der Waals surface area contributed by atoms with Crippen LogP contribution in [0.4, 0.5) is 0 Å². The number of carbonyl (C=O) groups excluding carboxylic acids is 1. The second kappa shape index (κ2) is 7.56. The Bertz CT molecular complexity index is 787. The van der Waals surface area contributed by atoms with Crippen LogP contribution < -0.4 is 0 Å². The minimum Gasteiger partial charge on any atom is -0.451 e. The highest BCUT2D eigenvalue weighted by atomic mass is 35.5. The summed E-state index contributed by atoms with van der Waals surface area (Å²) < 4.78 is 11.1. The molecule has 0 spiro atoms. The van der Waals surface area contributed by atoms with E-state index in [0.29, 0.717) is 49.1 Å². The van der Waals surface area contributed by atoms with Crippen LogP contribution in [-0.4, -0.2) is 72.4 Å². The molecule has 0 unspecified atom stereocenters. The lowest BCUT2D eigenvalue weighted by atomic mass is 10.0. The topological polar surface area (TPSA) is 66.2 Å². The number of nitrogens with zero attached hydrogens (tertiary/aromatic N) is 2. The summed E-state index contributed by atoms with van der Waals surface area (Å²) in [5.74, 6) is 0.189. The van der Waals surface area contributed by atoms with Crippen LogP contribution in [0.15, 0.2) is 28.7 Å². The van der Waals surface area contributed by atoms with Gasteiger partial charge in [0.15, 0.2) is 5.76 Å². The molecule has 26 heavy (non-hydrogen) atoms. The van der Waals surface area contributed by atoms with E-state index in [0.717, 1.165) is 24.9 Å². The van der Waals surface area contributed by atoms with Gasteiger partial charge in [-0.3, -0.25) is 9.69 Å². The molecule has 0 radical (unpaired) electrons. The van der Waals surface area contributed by atoms with Crippen LogP contribution >= 0.6 is 11.6 Å². The standard InChI is InChI=1S/C19H23ClN2O4/c20-14-1-2-17-13(11-14)12-18(26-17)19(24)22-5-3-15(16(23)4-6-22)21-7-9-25-10-8-21/h1-2,11-12,15-16,23H,3-10H2/t15-,16-/m0/s1. The minimum atomic E-state index is -0.430.